The van der Waals surface area contributed by atoms with Crippen molar-refractivity contribution in [1.29, 1.82) is 0 Å². The molecule has 0 amide bonds. The van der Waals surface area contributed by atoms with Crippen molar-refractivity contribution in [3.63, 3.8) is 0 Å². The maximum Gasteiger partial charge on any atom is 0.276 e. The van der Waals surface area contributed by atoms with Crippen LogP contribution in [0.1, 0.15) is 51.5 Å². The van der Waals surface area contributed by atoms with Gasteiger partial charge in [0, 0.05) is 0 Å². The molecule has 0 saturated heterocycles. The lowest BCUT2D eigenvalue weighted by Gasteiger charge is -2.11. The molecule has 1 aliphatic carbocycles. The lowest BCUT2D eigenvalue weighted by molar-refractivity contribution is 0.584. The quantitative estimate of drug-likeness (QED) is 0.677. The third-order valence-corrected chi connectivity index (χ3v) is 5.15. The molecule has 120 valence electrons. The Morgan fingerprint density at radius 2 is 1.68 bits per heavy atom. The topological polar surface area (TPSA) is 58.5 Å². The van der Waals surface area contributed by atoms with Crippen LogP contribution in [0.5, 0.6) is 0 Å². The largest absolute Gasteiger partial charge is 0.276 e. The summed E-state index contributed by atoms with van der Waals surface area (Å²) in [6.07, 6.45) is 5.18. The summed E-state index contributed by atoms with van der Waals surface area (Å²) in [5.41, 5.74) is 4.33. The van der Waals surface area contributed by atoms with Crippen LogP contribution in [0.25, 0.3) is 0 Å². The maximum atomic E-state index is 12.3. The van der Waals surface area contributed by atoms with Gasteiger partial charge in [0.1, 0.15) is 0 Å². The molecule has 0 aromatic heterocycles. The van der Waals surface area contributed by atoms with Crippen LogP contribution in [0.15, 0.2) is 45.4 Å². The van der Waals surface area contributed by atoms with E-state index in [0.29, 0.717) is 0 Å². The Hall–Kier alpha value is -1.62. The Balaban J connectivity index is 2.24. The van der Waals surface area contributed by atoms with E-state index in [9.17, 15) is 8.42 Å². The van der Waals surface area contributed by atoms with Crippen molar-refractivity contribution in [3.8, 4) is 0 Å². The number of aryl methyl sites for hydroxylation is 1. The minimum atomic E-state index is -3.60. The number of hydrogen-bond acceptors (Lipinski definition) is 3. The number of benzene rings is 1. The average Bonchev–Trinajstić information content (AvgIpc) is 2.71. The molecule has 0 aliphatic heterocycles. The number of rotatable bonds is 3. The summed E-state index contributed by atoms with van der Waals surface area (Å²) in [7, 11) is -3.60. The maximum absolute atomic E-state index is 12.3. The van der Waals surface area contributed by atoms with Crippen molar-refractivity contribution < 1.29 is 8.42 Å². The second-order valence-electron chi connectivity index (χ2n) is 6.01. The van der Waals surface area contributed by atoms with Crippen molar-refractivity contribution in [1.82, 2.24) is 4.83 Å². The number of nitrogens with one attached hydrogen (secondary N) is 1. The van der Waals surface area contributed by atoms with E-state index in [2.05, 4.69) is 23.8 Å². The Kier molecular flexibility index (Phi) is 5.40. The summed E-state index contributed by atoms with van der Waals surface area (Å²) >= 11 is 0. The Bertz CT molecular complexity index is 682. The number of allylic oxidation sites excluding steroid dienone is 2. The zero-order valence-electron chi connectivity index (χ0n) is 13.5. The molecule has 0 radical (unpaired) electrons. The molecule has 1 N–H and O–H groups in total. The second-order valence-corrected chi connectivity index (χ2v) is 7.67. The van der Waals surface area contributed by atoms with Crippen LogP contribution in [-0.2, 0) is 10.0 Å². The molecule has 1 aromatic rings. The van der Waals surface area contributed by atoms with Crippen LogP contribution < -0.4 is 4.83 Å². The zero-order valence-corrected chi connectivity index (χ0v) is 14.3. The van der Waals surface area contributed by atoms with Crippen LogP contribution in [0, 0.1) is 6.92 Å². The predicted octanol–water partition coefficient (Wildman–Crippen LogP) is 3.93. The van der Waals surface area contributed by atoms with E-state index in [1.165, 1.54) is 17.6 Å². The van der Waals surface area contributed by atoms with E-state index in [4.69, 9.17) is 0 Å². The van der Waals surface area contributed by atoms with Crippen molar-refractivity contribution in [2.75, 3.05) is 0 Å². The highest BCUT2D eigenvalue weighted by Gasteiger charge is 2.16. The Morgan fingerprint density at radius 1 is 1.05 bits per heavy atom. The van der Waals surface area contributed by atoms with E-state index < -0.39 is 10.0 Å². The summed E-state index contributed by atoms with van der Waals surface area (Å²) in [5.74, 6) is 0. The lowest BCUT2D eigenvalue weighted by atomic mass is 10.0. The van der Waals surface area contributed by atoms with E-state index in [0.717, 1.165) is 37.0 Å². The molecule has 0 bridgehead atoms. The highest BCUT2D eigenvalue weighted by atomic mass is 32.2. The summed E-state index contributed by atoms with van der Waals surface area (Å²) in [6.45, 7) is 6.05. The summed E-state index contributed by atoms with van der Waals surface area (Å²) < 4.78 is 24.6. The van der Waals surface area contributed by atoms with Gasteiger partial charge in [-0.25, -0.2) is 0 Å². The van der Waals surface area contributed by atoms with Gasteiger partial charge in [0.15, 0.2) is 0 Å². The van der Waals surface area contributed by atoms with Crippen molar-refractivity contribution >= 4 is 15.7 Å². The molecule has 1 saturated carbocycles. The monoisotopic (exact) mass is 320 g/mol. The van der Waals surface area contributed by atoms with Crippen LogP contribution in [0.2, 0.25) is 0 Å². The predicted molar refractivity (Wildman–Crippen MR) is 90.4 cm³/mol. The molecule has 0 atom stereocenters. The van der Waals surface area contributed by atoms with E-state index in [1.807, 2.05) is 6.92 Å². The molecule has 22 heavy (non-hydrogen) atoms. The van der Waals surface area contributed by atoms with Crippen LogP contribution in [0.3, 0.4) is 0 Å². The van der Waals surface area contributed by atoms with Gasteiger partial charge in [0.25, 0.3) is 10.0 Å². The van der Waals surface area contributed by atoms with Crippen LogP contribution in [0.4, 0.5) is 0 Å². The molecule has 1 fully saturated rings. The smallest absolute Gasteiger partial charge is 0.200 e. The van der Waals surface area contributed by atoms with Gasteiger partial charge in [-0.05, 0) is 64.2 Å². The van der Waals surface area contributed by atoms with Gasteiger partial charge >= 0.3 is 0 Å². The normalized spacial score (nSPS) is 18.1. The molecule has 0 spiro atoms. The second kappa shape index (κ2) is 7.09. The Labute approximate surface area is 133 Å². The minimum Gasteiger partial charge on any atom is -0.200 e. The van der Waals surface area contributed by atoms with Gasteiger partial charge in [-0.15, -0.1) is 0 Å². The van der Waals surface area contributed by atoms with E-state index in [-0.39, 0.29) is 4.90 Å². The van der Waals surface area contributed by atoms with Crippen LogP contribution >= 0.6 is 0 Å². The van der Waals surface area contributed by atoms with Gasteiger partial charge in [-0.1, -0.05) is 29.7 Å². The highest BCUT2D eigenvalue weighted by molar-refractivity contribution is 7.89. The first-order valence-corrected chi connectivity index (χ1v) is 9.20. The van der Waals surface area contributed by atoms with E-state index in [1.54, 1.807) is 24.3 Å². The summed E-state index contributed by atoms with van der Waals surface area (Å²) in [6, 6.07) is 6.78. The molecule has 1 aromatic carbocycles. The Morgan fingerprint density at radius 3 is 2.32 bits per heavy atom. The number of hydrogen-bond donors (Lipinski definition) is 1. The first kappa shape index (κ1) is 16.7. The average molecular weight is 320 g/mol. The summed E-state index contributed by atoms with van der Waals surface area (Å²) in [4.78, 5) is 2.65. The molecular formula is C17H24N2O2S. The standard InChI is InChI=1S/C17H24N2O2S/c1-13(2)16-7-5-4-6-8-17(16)18-19-22(20,21)15-11-9-14(3)10-12-15/h9-12,19H,4-8H2,1-3H3. The number of nitrogens with zero attached hydrogens (tertiary/aromatic N) is 1. The third-order valence-electron chi connectivity index (χ3n) is 3.92. The van der Waals surface area contributed by atoms with Crippen molar-refractivity contribution in [2.24, 2.45) is 5.10 Å². The molecule has 0 heterocycles. The van der Waals surface area contributed by atoms with Gasteiger partial charge in [0.2, 0.25) is 0 Å². The fourth-order valence-electron chi connectivity index (χ4n) is 2.61. The lowest BCUT2D eigenvalue weighted by Crippen LogP contribution is -2.21. The highest BCUT2D eigenvalue weighted by Crippen LogP contribution is 2.23. The first-order valence-electron chi connectivity index (χ1n) is 7.72. The molecule has 1 aliphatic rings. The molecule has 5 heteroatoms. The third kappa shape index (κ3) is 4.19. The van der Waals surface area contributed by atoms with Crippen molar-refractivity contribution in [3.05, 3.63) is 41.0 Å². The van der Waals surface area contributed by atoms with E-state index >= 15 is 0 Å². The minimum absolute atomic E-state index is 0.245. The zero-order chi connectivity index (χ0) is 16.2. The number of sulfonamides is 1. The fourth-order valence-corrected chi connectivity index (χ4v) is 3.44. The van der Waals surface area contributed by atoms with Crippen molar-refractivity contribution in [2.45, 2.75) is 57.8 Å². The molecular weight excluding hydrogens is 296 g/mol. The fraction of sp³-hybridized carbons (Fsp3) is 0.471. The van der Waals surface area contributed by atoms with Gasteiger partial charge < -0.3 is 0 Å². The van der Waals surface area contributed by atoms with Gasteiger partial charge in [-0.2, -0.15) is 18.4 Å². The molecule has 4 nitrogen and oxygen atoms in total. The SMILES string of the molecule is CC(C)=C1CCCCCC1=NNS(=O)(=O)c1ccc(C)cc1. The molecule has 2 rings (SSSR count). The summed E-state index contributed by atoms with van der Waals surface area (Å²) in [5, 5.41) is 4.24. The first-order chi connectivity index (χ1) is 10.4. The molecule has 0 unspecified atom stereocenters. The number of hydrazone groups is 1. The van der Waals surface area contributed by atoms with Gasteiger partial charge in [-0.3, -0.25) is 0 Å². The van der Waals surface area contributed by atoms with Crippen LogP contribution in [-0.4, -0.2) is 14.1 Å². The van der Waals surface area contributed by atoms with Gasteiger partial charge in [0.05, 0.1) is 10.6 Å².